The lowest BCUT2D eigenvalue weighted by Crippen LogP contribution is -2.25. The summed E-state index contributed by atoms with van der Waals surface area (Å²) in [4.78, 5) is 12.6. The van der Waals surface area contributed by atoms with E-state index < -0.39 is 0 Å². The van der Waals surface area contributed by atoms with Gasteiger partial charge < -0.3 is 10.4 Å². The van der Waals surface area contributed by atoms with Crippen LogP contribution in [0.4, 0.5) is 5.82 Å². The van der Waals surface area contributed by atoms with Gasteiger partial charge in [0.1, 0.15) is 11.3 Å². The maximum Gasteiger partial charge on any atom is 0.180 e. The van der Waals surface area contributed by atoms with Crippen LogP contribution in [0.15, 0.2) is 24.5 Å². The summed E-state index contributed by atoms with van der Waals surface area (Å²) in [5.74, 6) is 0.931. The van der Waals surface area contributed by atoms with Gasteiger partial charge in [-0.1, -0.05) is 13.8 Å². The largest absolute Gasteiger partial charge is 0.391 e. The van der Waals surface area contributed by atoms with Crippen LogP contribution in [0.1, 0.15) is 13.8 Å². The second-order valence-corrected chi connectivity index (χ2v) is 4.29. The van der Waals surface area contributed by atoms with Gasteiger partial charge in [0.05, 0.1) is 6.10 Å². The van der Waals surface area contributed by atoms with Crippen molar-refractivity contribution in [1.29, 1.82) is 0 Å². The van der Waals surface area contributed by atoms with Crippen LogP contribution in [0.5, 0.6) is 0 Å². The smallest absolute Gasteiger partial charge is 0.180 e. The van der Waals surface area contributed by atoms with Gasteiger partial charge in [-0.05, 0) is 18.1 Å². The van der Waals surface area contributed by atoms with E-state index in [1.165, 1.54) is 0 Å². The van der Waals surface area contributed by atoms with E-state index >= 15 is 0 Å². The van der Waals surface area contributed by atoms with E-state index in [1.54, 1.807) is 12.4 Å². The number of fused-ring (bicyclic) bond motifs is 1. The van der Waals surface area contributed by atoms with Crippen molar-refractivity contribution >= 4 is 17.0 Å². The van der Waals surface area contributed by atoms with Crippen LogP contribution >= 0.6 is 0 Å². The van der Waals surface area contributed by atoms with Crippen molar-refractivity contribution < 1.29 is 5.11 Å². The highest BCUT2D eigenvalue weighted by molar-refractivity contribution is 5.71. The van der Waals surface area contributed by atoms with Crippen molar-refractivity contribution in [2.45, 2.75) is 20.0 Å². The molecule has 1 atom stereocenters. The average molecular weight is 232 g/mol. The first kappa shape index (κ1) is 11.7. The predicted octanol–water partition coefficient (Wildman–Crippen LogP) is 1.45. The highest BCUT2D eigenvalue weighted by Crippen LogP contribution is 2.10. The van der Waals surface area contributed by atoms with Crippen LogP contribution in [-0.2, 0) is 0 Å². The fourth-order valence-corrected chi connectivity index (χ4v) is 1.40. The predicted molar refractivity (Wildman–Crippen MR) is 66.7 cm³/mol. The van der Waals surface area contributed by atoms with Crippen LogP contribution < -0.4 is 5.32 Å². The molecule has 2 rings (SSSR count). The Hall–Kier alpha value is -1.75. The number of anilines is 1. The van der Waals surface area contributed by atoms with E-state index in [0.29, 0.717) is 18.0 Å². The monoisotopic (exact) mass is 232 g/mol. The first-order valence-electron chi connectivity index (χ1n) is 5.66. The normalized spacial score (nSPS) is 12.9. The molecule has 90 valence electrons. The standard InChI is InChI=1S/C12H16N4O/c1-8(2)10(17)7-15-11-4-3-9-12(16-11)14-6-5-13-9/h3-6,8,10,17H,7H2,1-2H3,(H,14,15,16). The van der Waals surface area contributed by atoms with Crippen molar-refractivity contribution in [1.82, 2.24) is 15.0 Å². The summed E-state index contributed by atoms with van der Waals surface area (Å²) in [5, 5.41) is 12.8. The molecule has 1 unspecified atom stereocenters. The Labute approximate surface area is 99.9 Å². The van der Waals surface area contributed by atoms with E-state index in [9.17, 15) is 5.11 Å². The van der Waals surface area contributed by atoms with Gasteiger partial charge in [0.25, 0.3) is 0 Å². The number of aliphatic hydroxyl groups is 1. The van der Waals surface area contributed by atoms with Crippen LogP contribution in [0, 0.1) is 5.92 Å². The third-order valence-electron chi connectivity index (χ3n) is 2.59. The Bertz CT molecular complexity index is 501. The molecule has 0 aliphatic heterocycles. The fourth-order valence-electron chi connectivity index (χ4n) is 1.40. The quantitative estimate of drug-likeness (QED) is 0.835. The molecule has 5 nitrogen and oxygen atoms in total. The lowest BCUT2D eigenvalue weighted by atomic mass is 10.1. The summed E-state index contributed by atoms with van der Waals surface area (Å²) < 4.78 is 0. The summed E-state index contributed by atoms with van der Waals surface area (Å²) in [5.41, 5.74) is 1.37. The number of rotatable bonds is 4. The molecule has 0 amide bonds. The third kappa shape index (κ3) is 2.88. The first-order chi connectivity index (χ1) is 8.16. The second-order valence-electron chi connectivity index (χ2n) is 4.29. The summed E-state index contributed by atoms with van der Waals surface area (Å²) in [6.07, 6.45) is 2.87. The number of nitrogens with zero attached hydrogens (tertiary/aromatic N) is 3. The lowest BCUT2D eigenvalue weighted by molar-refractivity contribution is 0.138. The maximum absolute atomic E-state index is 9.68. The highest BCUT2D eigenvalue weighted by atomic mass is 16.3. The minimum absolute atomic E-state index is 0.225. The Balaban J connectivity index is 2.09. The van der Waals surface area contributed by atoms with Crippen molar-refractivity contribution in [2.75, 3.05) is 11.9 Å². The summed E-state index contributed by atoms with van der Waals surface area (Å²) in [6, 6.07) is 3.70. The number of aliphatic hydroxyl groups excluding tert-OH is 1. The Morgan fingerprint density at radius 2 is 2.00 bits per heavy atom. The van der Waals surface area contributed by atoms with E-state index in [0.717, 1.165) is 5.52 Å². The van der Waals surface area contributed by atoms with Crippen molar-refractivity contribution in [2.24, 2.45) is 5.92 Å². The van der Waals surface area contributed by atoms with Gasteiger partial charge in [-0.2, -0.15) is 0 Å². The molecule has 17 heavy (non-hydrogen) atoms. The van der Waals surface area contributed by atoms with Crippen LogP contribution in [0.2, 0.25) is 0 Å². The van der Waals surface area contributed by atoms with E-state index in [-0.39, 0.29) is 12.0 Å². The van der Waals surface area contributed by atoms with Crippen LogP contribution in [0.3, 0.4) is 0 Å². The first-order valence-corrected chi connectivity index (χ1v) is 5.66. The molecular weight excluding hydrogens is 216 g/mol. The van der Waals surface area contributed by atoms with Gasteiger partial charge in [0, 0.05) is 18.9 Å². The maximum atomic E-state index is 9.68. The molecule has 0 aromatic carbocycles. The number of pyridine rings is 1. The lowest BCUT2D eigenvalue weighted by Gasteiger charge is -2.15. The fraction of sp³-hybridized carbons (Fsp3) is 0.417. The molecule has 5 heteroatoms. The van der Waals surface area contributed by atoms with Crippen molar-refractivity contribution in [3.63, 3.8) is 0 Å². The highest BCUT2D eigenvalue weighted by Gasteiger charge is 2.08. The zero-order chi connectivity index (χ0) is 12.3. The van der Waals surface area contributed by atoms with E-state index in [1.807, 2.05) is 26.0 Å². The number of hydrogen-bond donors (Lipinski definition) is 2. The Morgan fingerprint density at radius 1 is 1.24 bits per heavy atom. The van der Waals surface area contributed by atoms with Gasteiger partial charge in [-0.25, -0.2) is 9.97 Å². The second kappa shape index (κ2) is 5.05. The average Bonchev–Trinajstić information content (AvgIpc) is 2.35. The summed E-state index contributed by atoms with van der Waals surface area (Å²) >= 11 is 0. The zero-order valence-electron chi connectivity index (χ0n) is 9.96. The minimum atomic E-state index is -0.380. The molecule has 0 bridgehead atoms. The van der Waals surface area contributed by atoms with Gasteiger partial charge in [-0.15, -0.1) is 0 Å². The number of nitrogens with one attached hydrogen (secondary N) is 1. The molecule has 2 aromatic heterocycles. The molecule has 2 N–H and O–H groups in total. The molecular formula is C12H16N4O. The number of aromatic nitrogens is 3. The molecule has 0 spiro atoms. The number of hydrogen-bond acceptors (Lipinski definition) is 5. The van der Waals surface area contributed by atoms with Crippen molar-refractivity contribution in [3.8, 4) is 0 Å². The van der Waals surface area contributed by atoms with Gasteiger partial charge >= 0.3 is 0 Å². The van der Waals surface area contributed by atoms with Crippen LogP contribution in [-0.4, -0.2) is 32.7 Å². The Morgan fingerprint density at radius 3 is 2.76 bits per heavy atom. The molecule has 0 fully saturated rings. The minimum Gasteiger partial charge on any atom is -0.391 e. The third-order valence-corrected chi connectivity index (χ3v) is 2.59. The van der Waals surface area contributed by atoms with Gasteiger partial charge in [-0.3, -0.25) is 4.98 Å². The summed E-state index contributed by atoms with van der Waals surface area (Å²) in [7, 11) is 0. The van der Waals surface area contributed by atoms with Crippen molar-refractivity contribution in [3.05, 3.63) is 24.5 Å². The van der Waals surface area contributed by atoms with Gasteiger partial charge in [0.15, 0.2) is 5.65 Å². The topological polar surface area (TPSA) is 70.9 Å². The molecule has 0 saturated carbocycles. The molecule has 0 radical (unpaired) electrons. The van der Waals surface area contributed by atoms with E-state index in [2.05, 4.69) is 20.3 Å². The van der Waals surface area contributed by atoms with Crippen LogP contribution in [0.25, 0.3) is 11.2 Å². The van der Waals surface area contributed by atoms with Gasteiger partial charge in [0.2, 0.25) is 0 Å². The molecule has 0 saturated heterocycles. The molecule has 2 heterocycles. The summed E-state index contributed by atoms with van der Waals surface area (Å²) in [6.45, 7) is 4.44. The SMILES string of the molecule is CC(C)C(O)CNc1ccc2nccnc2n1. The molecule has 0 aliphatic carbocycles. The van der Waals surface area contributed by atoms with E-state index in [4.69, 9.17) is 0 Å². The molecule has 2 aromatic rings. The Kier molecular flexibility index (Phi) is 3.49. The zero-order valence-corrected chi connectivity index (χ0v) is 9.96. The molecule has 0 aliphatic rings.